The lowest BCUT2D eigenvalue weighted by Gasteiger charge is -1.97. The van der Waals surface area contributed by atoms with Gasteiger partial charge in [-0.3, -0.25) is 0 Å². The van der Waals surface area contributed by atoms with Crippen molar-refractivity contribution in [3.05, 3.63) is 41.7 Å². The van der Waals surface area contributed by atoms with Crippen LogP contribution in [-0.2, 0) is 6.54 Å². The predicted octanol–water partition coefficient (Wildman–Crippen LogP) is 1.81. The predicted molar refractivity (Wildman–Crippen MR) is 51.8 cm³/mol. The first-order chi connectivity index (χ1) is 7.20. The van der Waals surface area contributed by atoms with Gasteiger partial charge in [0.2, 0.25) is 0 Å². The lowest BCUT2D eigenvalue weighted by molar-refractivity contribution is 0.509. The van der Waals surface area contributed by atoms with E-state index in [9.17, 15) is 8.78 Å². The Balaban J connectivity index is 2.40. The summed E-state index contributed by atoms with van der Waals surface area (Å²) in [4.78, 5) is 6.90. The lowest BCUT2D eigenvalue weighted by Crippen LogP contribution is -1.95. The van der Waals surface area contributed by atoms with Crippen LogP contribution < -0.4 is 5.73 Å². The standard InChI is InChI=1S/C10H9F2N3/c11-8-2-1-6(3-9(8)12)10-14-5-7(4-13)15-10/h1-3,5H,4,13H2,(H,14,15). The summed E-state index contributed by atoms with van der Waals surface area (Å²) in [6.07, 6.45) is 1.57. The number of aromatic amines is 1. The van der Waals surface area contributed by atoms with E-state index in [0.29, 0.717) is 17.9 Å². The van der Waals surface area contributed by atoms with Gasteiger partial charge in [-0.15, -0.1) is 0 Å². The highest BCUT2D eigenvalue weighted by Gasteiger charge is 2.06. The van der Waals surface area contributed by atoms with E-state index in [-0.39, 0.29) is 0 Å². The van der Waals surface area contributed by atoms with Crippen molar-refractivity contribution in [1.29, 1.82) is 0 Å². The molecule has 0 saturated carbocycles. The number of H-pyrrole nitrogens is 1. The van der Waals surface area contributed by atoms with Gasteiger partial charge in [-0.05, 0) is 18.2 Å². The molecule has 0 atom stereocenters. The molecule has 2 rings (SSSR count). The highest BCUT2D eigenvalue weighted by atomic mass is 19.2. The average molecular weight is 209 g/mol. The van der Waals surface area contributed by atoms with Gasteiger partial charge in [0.25, 0.3) is 0 Å². The molecule has 0 aliphatic rings. The second kappa shape index (κ2) is 3.78. The molecule has 0 bridgehead atoms. The molecule has 0 radical (unpaired) electrons. The Hall–Kier alpha value is -1.75. The van der Waals surface area contributed by atoms with Crippen LogP contribution in [0.5, 0.6) is 0 Å². The zero-order chi connectivity index (χ0) is 10.8. The molecule has 0 saturated heterocycles. The van der Waals surface area contributed by atoms with Crippen LogP contribution in [-0.4, -0.2) is 9.97 Å². The number of nitrogens with zero attached hydrogens (tertiary/aromatic N) is 1. The number of halogens is 2. The molecule has 3 N–H and O–H groups in total. The summed E-state index contributed by atoms with van der Waals surface area (Å²) < 4.78 is 25.6. The maximum Gasteiger partial charge on any atom is 0.159 e. The summed E-state index contributed by atoms with van der Waals surface area (Å²) in [7, 11) is 0. The van der Waals surface area contributed by atoms with E-state index in [1.165, 1.54) is 6.07 Å². The molecule has 1 aromatic heterocycles. The Morgan fingerprint density at radius 3 is 2.67 bits per heavy atom. The summed E-state index contributed by atoms with van der Waals surface area (Å²) in [5.74, 6) is -1.28. The smallest absolute Gasteiger partial charge is 0.159 e. The van der Waals surface area contributed by atoms with Gasteiger partial charge in [-0.1, -0.05) is 0 Å². The maximum atomic E-state index is 12.9. The third-order valence-corrected chi connectivity index (χ3v) is 2.04. The van der Waals surface area contributed by atoms with Gasteiger partial charge in [0.05, 0.1) is 0 Å². The Morgan fingerprint density at radius 2 is 2.07 bits per heavy atom. The topological polar surface area (TPSA) is 54.7 Å². The van der Waals surface area contributed by atoms with Gasteiger partial charge >= 0.3 is 0 Å². The SMILES string of the molecule is NCc1cnc(-c2ccc(F)c(F)c2)[nH]1. The summed E-state index contributed by atoms with van der Waals surface area (Å²) in [5, 5.41) is 0. The molecule has 0 aliphatic carbocycles. The highest BCUT2D eigenvalue weighted by molar-refractivity contribution is 5.55. The van der Waals surface area contributed by atoms with Crippen LogP contribution in [0.3, 0.4) is 0 Å². The third kappa shape index (κ3) is 1.87. The van der Waals surface area contributed by atoms with Gasteiger partial charge in [-0.25, -0.2) is 13.8 Å². The van der Waals surface area contributed by atoms with E-state index in [1.807, 2.05) is 0 Å². The molecule has 3 nitrogen and oxygen atoms in total. The number of hydrogen-bond acceptors (Lipinski definition) is 2. The Labute approximate surface area is 85.0 Å². The summed E-state index contributed by atoms with van der Waals surface area (Å²) in [6, 6.07) is 3.61. The minimum atomic E-state index is -0.891. The molecule has 0 aliphatic heterocycles. The van der Waals surface area contributed by atoms with Crippen LogP contribution in [0.4, 0.5) is 8.78 Å². The molecule has 0 fully saturated rings. The van der Waals surface area contributed by atoms with Crippen molar-refractivity contribution in [3.63, 3.8) is 0 Å². The number of aromatic nitrogens is 2. The molecule has 1 heterocycles. The van der Waals surface area contributed by atoms with Crippen LogP contribution in [0.2, 0.25) is 0 Å². The fourth-order valence-electron chi connectivity index (χ4n) is 1.25. The number of imidazole rings is 1. The number of hydrogen-bond donors (Lipinski definition) is 2. The summed E-state index contributed by atoms with van der Waals surface area (Å²) in [5.41, 5.74) is 6.63. The first kappa shape index (κ1) is 9.79. The van der Waals surface area contributed by atoms with E-state index in [2.05, 4.69) is 9.97 Å². The third-order valence-electron chi connectivity index (χ3n) is 2.04. The fourth-order valence-corrected chi connectivity index (χ4v) is 1.25. The first-order valence-corrected chi connectivity index (χ1v) is 4.40. The van der Waals surface area contributed by atoms with Gasteiger partial charge in [-0.2, -0.15) is 0 Å². The van der Waals surface area contributed by atoms with E-state index in [4.69, 9.17) is 5.73 Å². The molecular formula is C10H9F2N3. The average Bonchev–Trinajstić information content (AvgIpc) is 2.70. The maximum absolute atomic E-state index is 12.9. The Morgan fingerprint density at radius 1 is 1.27 bits per heavy atom. The molecule has 2 aromatic rings. The number of benzene rings is 1. The molecule has 1 aromatic carbocycles. The second-order valence-corrected chi connectivity index (χ2v) is 3.09. The molecular weight excluding hydrogens is 200 g/mol. The van der Waals surface area contributed by atoms with Crippen LogP contribution >= 0.6 is 0 Å². The Kier molecular flexibility index (Phi) is 2.47. The number of nitrogens with one attached hydrogen (secondary N) is 1. The quantitative estimate of drug-likeness (QED) is 0.792. The molecule has 0 unspecified atom stereocenters. The van der Waals surface area contributed by atoms with Crippen LogP contribution in [0.15, 0.2) is 24.4 Å². The zero-order valence-electron chi connectivity index (χ0n) is 7.80. The molecule has 5 heteroatoms. The van der Waals surface area contributed by atoms with Gasteiger partial charge in [0.1, 0.15) is 5.82 Å². The van der Waals surface area contributed by atoms with Crippen molar-refractivity contribution in [2.75, 3.05) is 0 Å². The normalized spacial score (nSPS) is 10.6. The van der Waals surface area contributed by atoms with Crippen molar-refractivity contribution < 1.29 is 8.78 Å². The van der Waals surface area contributed by atoms with E-state index < -0.39 is 11.6 Å². The van der Waals surface area contributed by atoms with Gasteiger partial charge in [0, 0.05) is 24.0 Å². The fraction of sp³-hybridized carbons (Fsp3) is 0.100. The monoisotopic (exact) mass is 209 g/mol. The second-order valence-electron chi connectivity index (χ2n) is 3.09. The molecule has 0 amide bonds. The Bertz CT molecular complexity index is 479. The number of rotatable bonds is 2. The van der Waals surface area contributed by atoms with Gasteiger partial charge < -0.3 is 10.7 Å². The summed E-state index contributed by atoms with van der Waals surface area (Å²) in [6.45, 7) is 0.330. The van der Waals surface area contributed by atoms with Gasteiger partial charge in [0.15, 0.2) is 11.6 Å². The van der Waals surface area contributed by atoms with Crippen molar-refractivity contribution in [2.45, 2.75) is 6.54 Å². The molecule has 15 heavy (non-hydrogen) atoms. The van der Waals surface area contributed by atoms with E-state index in [0.717, 1.165) is 17.8 Å². The highest BCUT2D eigenvalue weighted by Crippen LogP contribution is 2.18. The molecule has 0 spiro atoms. The van der Waals surface area contributed by atoms with Crippen LogP contribution in [0.1, 0.15) is 5.69 Å². The lowest BCUT2D eigenvalue weighted by atomic mass is 10.2. The first-order valence-electron chi connectivity index (χ1n) is 4.40. The van der Waals surface area contributed by atoms with Crippen molar-refractivity contribution in [3.8, 4) is 11.4 Å². The van der Waals surface area contributed by atoms with Crippen LogP contribution in [0, 0.1) is 11.6 Å². The largest absolute Gasteiger partial charge is 0.341 e. The van der Waals surface area contributed by atoms with Crippen molar-refractivity contribution in [2.24, 2.45) is 5.73 Å². The van der Waals surface area contributed by atoms with E-state index in [1.54, 1.807) is 6.20 Å². The van der Waals surface area contributed by atoms with E-state index >= 15 is 0 Å². The van der Waals surface area contributed by atoms with Crippen molar-refractivity contribution >= 4 is 0 Å². The minimum Gasteiger partial charge on any atom is -0.341 e. The zero-order valence-corrected chi connectivity index (χ0v) is 7.80. The minimum absolute atomic E-state index is 0.330. The number of nitrogens with two attached hydrogens (primary N) is 1. The van der Waals surface area contributed by atoms with Crippen molar-refractivity contribution in [1.82, 2.24) is 9.97 Å². The summed E-state index contributed by atoms with van der Waals surface area (Å²) >= 11 is 0. The molecule has 78 valence electrons. The van der Waals surface area contributed by atoms with Crippen LogP contribution in [0.25, 0.3) is 11.4 Å².